The van der Waals surface area contributed by atoms with Gasteiger partial charge in [-0.1, -0.05) is 55.3 Å². The summed E-state index contributed by atoms with van der Waals surface area (Å²) in [5.41, 5.74) is 1.60. The third kappa shape index (κ3) is 7.35. The monoisotopic (exact) mass is 475 g/mol. The molecule has 35 heavy (non-hydrogen) atoms. The van der Waals surface area contributed by atoms with Crippen LogP contribution in [-0.2, 0) is 20.9 Å². The second kappa shape index (κ2) is 11.1. The minimum atomic E-state index is -0.867. The number of carbonyl (C=O) groups excluding carboxylic acids is 3. The Morgan fingerprint density at radius 3 is 2.26 bits per heavy atom. The number of terminal acetylenes is 1. The van der Waals surface area contributed by atoms with Crippen LogP contribution in [0.1, 0.15) is 56.8 Å². The predicted molar refractivity (Wildman–Crippen MR) is 134 cm³/mol. The van der Waals surface area contributed by atoms with Crippen LogP contribution in [0.2, 0.25) is 0 Å². The Labute approximate surface area is 207 Å². The highest BCUT2D eigenvalue weighted by Crippen LogP contribution is 2.40. The first-order valence-corrected chi connectivity index (χ1v) is 11.8. The van der Waals surface area contributed by atoms with Gasteiger partial charge in [0, 0.05) is 18.2 Å². The lowest BCUT2D eigenvalue weighted by atomic mass is 10.0. The summed E-state index contributed by atoms with van der Waals surface area (Å²) >= 11 is 0. The Bertz CT molecular complexity index is 1080. The van der Waals surface area contributed by atoms with E-state index in [9.17, 15) is 14.4 Å². The van der Waals surface area contributed by atoms with Crippen LogP contribution in [0.5, 0.6) is 0 Å². The second-order valence-corrected chi connectivity index (χ2v) is 9.81. The van der Waals surface area contributed by atoms with Crippen LogP contribution in [-0.4, -0.2) is 41.0 Å². The van der Waals surface area contributed by atoms with E-state index in [4.69, 9.17) is 11.2 Å². The van der Waals surface area contributed by atoms with Crippen molar-refractivity contribution in [2.75, 3.05) is 6.54 Å². The molecule has 0 radical (unpaired) electrons. The molecule has 2 N–H and O–H groups in total. The summed E-state index contributed by atoms with van der Waals surface area (Å²) in [6.07, 6.45) is 5.60. The summed E-state index contributed by atoms with van der Waals surface area (Å²) in [5, 5.41) is 5.50. The van der Waals surface area contributed by atoms with E-state index in [1.54, 1.807) is 49.9 Å². The van der Waals surface area contributed by atoms with E-state index in [0.29, 0.717) is 17.7 Å². The minimum Gasteiger partial charge on any atom is -0.444 e. The van der Waals surface area contributed by atoms with E-state index in [1.807, 2.05) is 37.3 Å². The van der Waals surface area contributed by atoms with Gasteiger partial charge >= 0.3 is 6.09 Å². The molecule has 184 valence electrons. The molecule has 3 atom stereocenters. The lowest BCUT2D eigenvalue weighted by Crippen LogP contribution is -2.49. The fraction of sp³-hybridized carbons (Fsp3) is 0.393. The predicted octanol–water partition coefficient (Wildman–Crippen LogP) is 3.79. The zero-order valence-electron chi connectivity index (χ0n) is 20.7. The molecule has 2 aromatic carbocycles. The molecule has 1 saturated carbocycles. The Morgan fingerprint density at radius 1 is 1.09 bits per heavy atom. The van der Waals surface area contributed by atoms with Crippen LogP contribution in [0, 0.1) is 18.3 Å². The van der Waals surface area contributed by atoms with Crippen LogP contribution in [0.25, 0.3) is 0 Å². The van der Waals surface area contributed by atoms with E-state index in [1.165, 1.54) is 0 Å². The maximum atomic E-state index is 13.5. The first-order chi connectivity index (χ1) is 16.6. The lowest BCUT2D eigenvalue weighted by Gasteiger charge is -2.32. The number of hydrogen-bond acceptors (Lipinski definition) is 4. The van der Waals surface area contributed by atoms with E-state index in [-0.39, 0.29) is 30.3 Å². The second-order valence-electron chi connectivity index (χ2n) is 9.81. The van der Waals surface area contributed by atoms with Gasteiger partial charge in [0.25, 0.3) is 0 Å². The Hall–Kier alpha value is -3.79. The third-order valence-corrected chi connectivity index (χ3v) is 5.72. The number of nitrogens with zero attached hydrogens (tertiary/aromatic N) is 1. The number of ether oxygens (including phenoxy) is 1. The van der Waals surface area contributed by atoms with Crippen LogP contribution >= 0.6 is 0 Å². The average molecular weight is 476 g/mol. The van der Waals surface area contributed by atoms with Crippen LogP contribution in [0.3, 0.4) is 0 Å². The highest BCUT2D eigenvalue weighted by molar-refractivity contribution is 5.91. The van der Waals surface area contributed by atoms with Crippen LogP contribution < -0.4 is 10.6 Å². The van der Waals surface area contributed by atoms with Crippen molar-refractivity contribution >= 4 is 17.9 Å². The number of carbonyl (C=O) groups is 3. The van der Waals surface area contributed by atoms with Crippen molar-refractivity contribution in [2.24, 2.45) is 5.92 Å². The number of amides is 3. The lowest BCUT2D eigenvalue weighted by molar-refractivity contribution is -0.141. The number of benzene rings is 2. The van der Waals surface area contributed by atoms with Crippen molar-refractivity contribution in [3.63, 3.8) is 0 Å². The van der Waals surface area contributed by atoms with Crippen molar-refractivity contribution in [1.29, 1.82) is 0 Å². The van der Waals surface area contributed by atoms with Crippen molar-refractivity contribution < 1.29 is 19.1 Å². The van der Waals surface area contributed by atoms with E-state index in [2.05, 4.69) is 16.6 Å². The molecule has 2 aromatic rings. The molecule has 3 rings (SSSR count). The van der Waals surface area contributed by atoms with Gasteiger partial charge in [-0.25, -0.2) is 4.79 Å². The van der Waals surface area contributed by atoms with Crippen LogP contribution in [0.4, 0.5) is 4.79 Å². The molecular weight excluding hydrogens is 442 g/mol. The number of rotatable bonds is 8. The largest absolute Gasteiger partial charge is 0.444 e. The maximum Gasteiger partial charge on any atom is 0.408 e. The smallest absolute Gasteiger partial charge is 0.408 e. The number of alkyl carbamates (subject to hydrolysis) is 1. The molecule has 3 amide bonds. The van der Waals surface area contributed by atoms with E-state index < -0.39 is 17.7 Å². The summed E-state index contributed by atoms with van der Waals surface area (Å²) in [7, 11) is 0. The molecule has 1 aliphatic rings. The number of hydrogen-bond donors (Lipinski definition) is 2. The summed E-state index contributed by atoms with van der Waals surface area (Å²) in [6, 6.07) is 15.6. The van der Waals surface area contributed by atoms with Gasteiger partial charge in [0.1, 0.15) is 18.2 Å². The van der Waals surface area contributed by atoms with E-state index in [0.717, 1.165) is 12.0 Å². The topological polar surface area (TPSA) is 87.7 Å². The normalized spacial score (nSPS) is 17.5. The molecule has 0 spiro atoms. The van der Waals surface area contributed by atoms with Gasteiger partial charge in [-0.2, -0.15) is 0 Å². The van der Waals surface area contributed by atoms with Gasteiger partial charge in [-0.15, -0.1) is 6.42 Å². The Morgan fingerprint density at radius 2 is 1.71 bits per heavy atom. The fourth-order valence-electron chi connectivity index (χ4n) is 3.85. The fourth-order valence-corrected chi connectivity index (χ4v) is 3.85. The third-order valence-electron chi connectivity index (χ3n) is 5.72. The van der Waals surface area contributed by atoms with Crippen molar-refractivity contribution in [2.45, 2.75) is 58.3 Å². The standard InChI is InChI=1S/C28H33N3O4/c1-6-20-12-14-22(15-13-20)25(26(33)29-17-21-10-8-7-9-11-21)31(23-16-19(23)2)24(32)18-30-27(34)35-28(3,4)5/h1,7-15,19,23,25H,16-18H2,2-5H3,(H,29,33)(H,30,34). The van der Waals surface area contributed by atoms with Crippen molar-refractivity contribution in [3.8, 4) is 12.3 Å². The molecule has 1 fully saturated rings. The van der Waals surface area contributed by atoms with Crippen molar-refractivity contribution in [3.05, 3.63) is 71.3 Å². The van der Waals surface area contributed by atoms with Gasteiger partial charge < -0.3 is 20.3 Å². The molecule has 0 aliphatic heterocycles. The molecule has 3 unspecified atom stereocenters. The highest BCUT2D eigenvalue weighted by atomic mass is 16.6. The highest BCUT2D eigenvalue weighted by Gasteiger charge is 2.46. The molecule has 1 aliphatic carbocycles. The molecular formula is C28H33N3O4. The Balaban J connectivity index is 1.84. The Kier molecular flexibility index (Phi) is 8.18. The summed E-state index contributed by atoms with van der Waals surface area (Å²) in [4.78, 5) is 40.7. The molecule has 0 aromatic heterocycles. The van der Waals surface area contributed by atoms with Crippen LogP contribution in [0.15, 0.2) is 54.6 Å². The zero-order chi connectivity index (χ0) is 25.6. The van der Waals surface area contributed by atoms with Gasteiger partial charge in [0.2, 0.25) is 11.8 Å². The minimum absolute atomic E-state index is 0.109. The summed E-state index contributed by atoms with van der Waals surface area (Å²) < 4.78 is 5.25. The molecule has 0 saturated heterocycles. The van der Waals surface area contributed by atoms with Gasteiger partial charge in [0.15, 0.2) is 0 Å². The average Bonchev–Trinajstić information content (AvgIpc) is 3.54. The van der Waals surface area contributed by atoms with E-state index >= 15 is 0 Å². The SMILES string of the molecule is C#Cc1ccc(C(C(=O)NCc2ccccc2)N(C(=O)CNC(=O)OC(C)(C)C)C2CC2C)cc1. The molecule has 0 bridgehead atoms. The van der Waals surface area contributed by atoms with Gasteiger partial charge in [-0.05, 0) is 56.4 Å². The molecule has 7 heteroatoms. The summed E-state index contributed by atoms with van der Waals surface area (Å²) in [5.74, 6) is 2.16. The maximum absolute atomic E-state index is 13.5. The summed E-state index contributed by atoms with van der Waals surface area (Å²) in [6.45, 7) is 7.34. The molecule has 7 nitrogen and oxygen atoms in total. The quantitative estimate of drug-likeness (QED) is 0.569. The first kappa shape index (κ1) is 25.8. The van der Waals surface area contributed by atoms with Crippen molar-refractivity contribution in [1.82, 2.24) is 15.5 Å². The zero-order valence-corrected chi connectivity index (χ0v) is 20.7. The first-order valence-electron chi connectivity index (χ1n) is 11.8. The van der Waals surface area contributed by atoms with Gasteiger partial charge in [0.05, 0.1) is 0 Å². The van der Waals surface area contributed by atoms with Gasteiger partial charge in [-0.3, -0.25) is 9.59 Å². The number of nitrogens with one attached hydrogen (secondary N) is 2. The molecule has 0 heterocycles.